The average Bonchev–Trinajstić information content (AvgIpc) is 3.15. The second-order valence-corrected chi connectivity index (χ2v) is 15.7. The zero-order chi connectivity index (χ0) is 48.4. The van der Waals surface area contributed by atoms with Crippen LogP contribution in [0.5, 0.6) is 0 Å². The van der Waals surface area contributed by atoms with Crippen LogP contribution in [-0.2, 0) is 71.5 Å². The third-order valence-electron chi connectivity index (χ3n) is 8.10. The number of hydrogen-bond acceptors (Lipinski definition) is 17. The number of hydrogen-bond donors (Lipinski definition) is 3. The van der Waals surface area contributed by atoms with Crippen LogP contribution in [0.2, 0.25) is 0 Å². The maximum absolute atomic E-state index is 12.3. The molecule has 0 fully saturated rings. The molecule has 0 aromatic heterocycles. The molecule has 0 saturated carbocycles. The number of carboxylic acid groups (broad SMARTS) is 1. The van der Waals surface area contributed by atoms with E-state index >= 15 is 0 Å². The number of ether oxygens (including phenoxy) is 7. The summed E-state index contributed by atoms with van der Waals surface area (Å²) in [4.78, 5) is 88.7. The molecule has 0 aromatic carbocycles. The Balaban J connectivity index is -0.000000467. The third-order valence-corrected chi connectivity index (χ3v) is 8.10. The molecule has 18 nitrogen and oxygen atoms in total. The van der Waals surface area contributed by atoms with Gasteiger partial charge in [-0.25, -0.2) is 9.59 Å². The summed E-state index contributed by atoms with van der Waals surface area (Å²) in [6.45, 7) is 24.5. The lowest BCUT2D eigenvalue weighted by molar-refractivity contribution is -0.159. The molecule has 366 valence electrons. The molecule has 0 aliphatic heterocycles. The predicted octanol–water partition coefficient (Wildman–Crippen LogP) is 5.86. The number of carboxylic acids is 1. The molecule has 0 bridgehead atoms. The SMILES string of the molecule is C.C=CC(=O)OCCOC(=O)CCC(=O)O.C=CC(=O)OCCOC(=O)CCC(=O)OC(CC(CC(C)C)OC(C)=O)CC(O)C(C)C.CC(=O)OC(CC(C)C)CC(O)C(C)C. The number of aliphatic carboxylic acids is 1. The van der Waals surface area contributed by atoms with Gasteiger partial charge in [0.05, 0.1) is 37.9 Å². The van der Waals surface area contributed by atoms with Gasteiger partial charge in [0.1, 0.15) is 44.7 Å². The minimum atomic E-state index is -1.06. The van der Waals surface area contributed by atoms with Crippen LogP contribution in [0.3, 0.4) is 0 Å². The van der Waals surface area contributed by atoms with E-state index in [4.69, 9.17) is 24.1 Å². The standard InChI is InChI=1S/C23H38O9.C12H24O3.C9H12O6.CH4/c1-7-21(26)29-10-11-30-22(27)8-9-23(28)32-19(14-20(25)16(4)5)13-18(12-15(2)3)31-17(6)24;1-8(2)6-11(15-10(5)13)7-12(14)9(3)4;1-2-8(12)14-5-6-15-9(13)4-3-7(10)11;/h7,15-16,18-20,25H,1,8-14H2,2-6H3;8-9,11-12,14H,6-7H2,1-5H3;2H,1,3-6H2,(H,10,11);1H4. The van der Waals surface area contributed by atoms with Crippen molar-refractivity contribution in [1.29, 1.82) is 0 Å². The molecule has 0 rings (SSSR count). The van der Waals surface area contributed by atoms with Gasteiger partial charge in [-0.05, 0) is 36.5 Å². The Kier molecular flexibility index (Phi) is 39.9. The molecule has 63 heavy (non-hydrogen) atoms. The van der Waals surface area contributed by atoms with Gasteiger partial charge in [0, 0.05) is 45.3 Å². The van der Waals surface area contributed by atoms with Crippen LogP contribution >= 0.6 is 0 Å². The van der Waals surface area contributed by atoms with Crippen molar-refractivity contribution in [2.75, 3.05) is 26.4 Å². The smallest absolute Gasteiger partial charge is 0.330 e. The van der Waals surface area contributed by atoms with Crippen molar-refractivity contribution >= 4 is 47.8 Å². The molecule has 18 heteroatoms. The van der Waals surface area contributed by atoms with Crippen LogP contribution in [0.4, 0.5) is 0 Å². The Labute approximate surface area is 374 Å². The Hall–Kier alpha value is -4.84. The summed E-state index contributed by atoms with van der Waals surface area (Å²) in [7, 11) is 0. The molecule has 5 atom stereocenters. The summed E-state index contributed by atoms with van der Waals surface area (Å²) < 4.78 is 34.7. The number of aliphatic hydroxyl groups excluding tert-OH is 2. The largest absolute Gasteiger partial charge is 0.481 e. The molecule has 0 heterocycles. The molecule has 0 amide bonds. The van der Waals surface area contributed by atoms with Gasteiger partial charge in [-0.3, -0.25) is 28.8 Å². The van der Waals surface area contributed by atoms with Crippen LogP contribution in [0, 0.1) is 23.7 Å². The number of aliphatic hydroxyl groups is 2. The van der Waals surface area contributed by atoms with Crippen LogP contribution in [0.1, 0.15) is 134 Å². The fourth-order valence-electron chi connectivity index (χ4n) is 4.99. The van der Waals surface area contributed by atoms with Crippen molar-refractivity contribution in [3.8, 4) is 0 Å². The van der Waals surface area contributed by atoms with E-state index in [1.807, 2.05) is 41.5 Å². The first-order valence-electron chi connectivity index (χ1n) is 20.8. The van der Waals surface area contributed by atoms with Crippen molar-refractivity contribution in [1.82, 2.24) is 0 Å². The number of esters is 7. The van der Waals surface area contributed by atoms with Gasteiger partial charge in [0.25, 0.3) is 0 Å². The van der Waals surface area contributed by atoms with Gasteiger partial charge in [-0.1, -0.05) is 76.0 Å². The minimum Gasteiger partial charge on any atom is -0.481 e. The van der Waals surface area contributed by atoms with E-state index in [9.17, 15) is 48.6 Å². The first-order valence-corrected chi connectivity index (χ1v) is 20.8. The number of carbonyl (C=O) groups excluding carboxylic acids is 7. The Bertz CT molecular complexity index is 1360. The maximum Gasteiger partial charge on any atom is 0.330 e. The Morgan fingerprint density at radius 1 is 0.476 bits per heavy atom. The molecule has 0 saturated heterocycles. The van der Waals surface area contributed by atoms with Gasteiger partial charge < -0.3 is 48.5 Å². The summed E-state index contributed by atoms with van der Waals surface area (Å²) >= 11 is 0. The molecule has 0 aliphatic carbocycles. The van der Waals surface area contributed by atoms with E-state index in [-0.39, 0.29) is 102 Å². The molecular weight excluding hydrogens is 828 g/mol. The van der Waals surface area contributed by atoms with Crippen LogP contribution in [0.25, 0.3) is 0 Å². The van der Waals surface area contributed by atoms with E-state index < -0.39 is 66.2 Å². The Morgan fingerprint density at radius 2 is 0.794 bits per heavy atom. The summed E-state index contributed by atoms with van der Waals surface area (Å²) in [6, 6.07) is 0. The van der Waals surface area contributed by atoms with E-state index in [2.05, 4.69) is 41.2 Å². The summed E-state index contributed by atoms with van der Waals surface area (Å²) in [5.74, 6) is -3.98. The monoisotopic (exact) mass is 907 g/mol. The first kappa shape index (κ1) is 64.8. The molecule has 3 N–H and O–H groups in total. The highest BCUT2D eigenvalue weighted by atomic mass is 16.6. The summed E-state index contributed by atoms with van der Waals surface area (Å²) in [6.07, 6.45) is 1.14. The van der Waals surface area contributed by atoms with E-state index in [1.54, 1.807) is 0 Å². The van der Waals surface area contributed by atoms with Gasteiger partial charge in [-0.2, -0.15) is 0 Å². The van der Waals surface area contributed by atoms with Gasteiger partial charge >= 0.3 is 47.8 Å². The number of rotatable bonds is 29. The van der Waals surface area contributed by atoms with Crippen molar-refractivity contribution < 1.29 is 86.8 Å². The van der Waals surface area contributed by atoms with Gasteiger partial charge in [-0.15, -0.1) is 0 Å². The predicted molar refractivity (Wildman–Crippen MR) is 233 cm³/mol. The highest BCUT2D eigenvalue weighted by Gasteiger charge is 2.27. The van der Waals surface area contributed by atoms with Crippen molar-refractivity contribution in [2.45, 2.75) is 165 Å². The molecule has 0 aromatic rings. The Morgan fingerprint density at radius 3 is 1.11 bits per heavy atom. The highest BCUT2D eigenvalue weighted by Crippen LogP contribution is 2.22. The number of carbonyl (C=O) groups is 8. The second kappa shape index (κ2) is 38.8. The van der Waals surface area contributed by atoms with Crippen molar-refractivity contribution in [3.05, 3.63) is 25.3 Å². The molecule has 5 unspecified atom stereocenters. The van der Waals surface area contributed by atoms with Gasteiger partial charge in [0.15, 0.2) is 0 Å². The lowest BCUT2D eigenvalue weighted by Gasteiger charge is -2.27. The fraction of sp³-hybridized carbons (Fsp3) is 0.733. The van der Waals surface area contributed by atoms with Crippen LogP contribution in [-0.4, -0.2) is 120 Å². The van der Waals surface area contributed by atoms with E-state index in [1.165, 1.54) is 13.8 Å². The normalized spacial score (nSPS) is 12.8. The van der Waals surface area contributed by atoms with Crippen molar-refractivity contribution in [3.63, 3.8) is 0 Å². The minimum absolute atomic E-state index is 0. The molecular formula is C45H78O18. The lowest BCUT2D eigenvalue weighted by atomic mass is 9.95. The van der Waals surface area contributed by atoms with Crippen LogP contribution in [0.15, 0.2) is 25.3 Å². The quantitative estimate of drug-likeness (QED) is 0.0344. The van der Waals surface area contributed by atoms with Crippen molar-refractivity contribution in [2.24, 2.45) is 23.7 Å². The summed E-state index contributed by atoms with van der Waals surface area (Å²) in [5.41, 5.74) is 0. The summed E-state index contributed by atoms with van der Waals surface area (Å²) in [5, 5.41) is 28.2. The van der Waals surface area contributed by atoms with E-state index in [0.717, 1.165) is 18.6 Å². The maximum atomic E-state index is 12.3. The average molecular weight is 907 g/mol. The van der Waals surface area contributed by atoms with E-state index in [0.29, 0.717) is 18.8 Å². The second-order valence-electron chi connectivity index (χ2n) is 15.7. The lowest BCUT2D eigenvalue weighted by Crippen LogP contribution is -2.32. The fourth-order valence-corrected chi connectivity index (χ4v) is 4.99. The van der Waals surface area contributed by atoms with Crippen LogP contribution < -0.4 is 0 Å². The van der Waals surface area contributed by atoms with Gasteiger partial charge in [0.2, 0.25) is 0 Å². The molecule has 0 aliphatic rings. The zero-order valence-electron chi connectivity index (χ0n) is 38.4. The first-order chi connectivity index (χ1) is 28.8. The zero-order valence-corrected chi connectivity index (χ0v) is 38.4. The topological polar surface area (TPSA) is 262 Å². The molecule has 0 radical (unpaired) electrons. The highest BCUT2D eigenvalue weighted by molar-refractivity contribution is 5.81. The third kappa shape index (κ3) is 43.6. The molecule has 0 spiro atoms.